The zero-order valence-corrected chi connectivity index (χ0v) is 12.6. The van der Waals surface area contributed by atoms with Crippen molar-refractivity contribution in [3.63, 3.8) is 0 Å². The van der Waals surface area contributed by atoms with Crippen LogP contribution in [0.15, 0.2) is 12.1 Å². The zero-order chi connectivity index (χ0) is 14.2. The number of nitrogens with zero attached hydrogens (tertiary/aromatic N) is 2. The lowest BCUT2D eigenvalue weighted by molar-refractivity contribution is -0.124. The van der Waals surface area contributed by atoms with E-state index < -0.39 is 0 Å². The predicted molar refractivity (Wildman–Crippen MR) is 81.3 cm³/mol. The maximum atomic E-state index is 12.6. The van der Waals surface area contributed by atoms with Crippen LogP contribution >= 0.6 is 23.3 Å². The molecular formula is C13H15ClN4OS. The average molecular weight is 311 g/mol. The quantitative estimate of drug-likeness (QED) is 0.914. The Labute approximate surface area is 126 Å². The van der Waals surface area contributed by atoms with Crippen molar-refractivity contribution in [3.8, 4) is 0 Å². The molecule has 1 aliphatic heterocycles. The number of aromatic nitrogens is 2. The van der Waals surface area contributed by atoms with Gasteiger partial charge in [0.05, 0.1) is 27.9 Å². The van der Waals surface area contributed by atoms with Crippen molar-refractivity contribution in [2.75, 3.05) is 18.4 Å². The Bertz CT molecular complexity index is 651. The van der Waals surface area contributed by atoms with Crippen LogP contribution in [0.5, 0.6) is 0 Å². The molecule has 1 fully saturated rings. The maximum absolute atomic E-state index is 12.6. The van der Waals surface area contributed by atoms with E-state index in [-0.39, 0.29) is 11.3 Å². The van der Waals surface area contributed by atoms with Gasteiger partial charge in [-0.25, -0.2) is 0 Å². The van der Waals surface area contributed by atoms with Crippen molar-refractivity contribution in [3.05, 3.63) is 17.2 Å². The first-order valence-electron chi connectivity index (χ1n) is 6.59. The summed E-state index contributed by atoms with van der Waals surface area (Å²) in [6.45, 7) is 3.62. The highest BCUT2D eigenvalue weighted by Crippen LogP contribution is 2.35. The third-order valence-electron chi connectivity index (χ3n) is 4.02. The largest absolute Gasteiger partial charge is 0.322 e. The van der Waals surface area contributed by atoms with Gasteiger partial charge < -0.3 is 10.6 Å². The van der Waals surface area contributed by atoms with Gasteiger partial charge in [-0.1, -0.05) is 18.5 Å². The molecule has 7 heteroatoms. The summed E-state index contributed by atoms with van der Waals surface area (Å²) in [6, 6.07) is 3.55. The molecule has 2 aromatic rings. The van der Waals surface area contributed by atoms with Crippen molar-refractivity contribution in [1.82, 2.24) is 14.1 Å². The molecule has 106 valence electrons. The standard InChI is InChI=1S/C13H15ClN4OS/c1-2-13(5-6-15-7-13)12(19)16-10-8(14)3-4-9-11(10)18-20-17-9/h3-4,15H,2,5-7H2,1H3,(H,16,19). The van der Waals surface area contributed by atoms with Crippen molar-refractivity contribution >= 4 is 46.0 Å². The minimum absolute atomic E-state index is 0.00685. The number of fused-ring (bicyclic) bond motifs is 1. The second-order valence-electron chi connectivity index (χ2n) is 5.07. The molecule has 0 saturated carbocycles. The molecule has 2 heterocycles. The summed E-state index contributed by atoms with van der Waals surface area (Å²) in [4.78, 5) is 12.6. The first kappa shape index (κ1) is 13.7. The van der Waals surface area contributed by atoms with E-state index in [1.807, 2.05) is 13.0 Å². The first-order valence-corrected chi connectivity index (χ1v) is 7.70. The van der Waals surface area contributed by atoms with Crippen LogP contribution in [0, 0.1) is 5.41 Å². The van der Waals surface area contributed by atoms with Gasteiger partial charge in [0.15, 0.2) is 0 Å². The fourth-order valence-electron chi connectivity index (χ4n) is 2.59. The molecule has 1 aromatic carbocycles. The number of carbonyl (C=O) groups is 1. The second-order valence-corrected chi connectivity index (χ2v) is 6.00. The van der Waals surface area contributed by atoms with Gasteiger partial charge in [-0.3, -0.25) is 4.79 Å². The highest BCUT2D eigenvalue weighted by Gasteiger charge is 2.39. The lowest BCUT2D eigenvalue weighted by Gasteiger charge is -2.25. The summed E-state index contributed by atoms with van der Waals surface area (Å²) in [5.41, 5.74) is 1.63. The van der Waals surface area contributed by atoms with Gasteiger partial charge in [-0.2, -0.15) is 8.75 Å². The first-order chi connectivity index (χ1) is 9.66. The Hall–Kier alpha value is -1.24. The van der Waals surface area contributed by atoms with Gasteiger partial charge >= 0.3 is 0 Å². The van der Waals surface area contributed by atoms with Crippen LogP contribution in [0.1, 0.15) is 19.8 Å². The number of carbonyl (C=O) groups excluding carboxylic acids is 1. The Kier molecular flexibility index (Phi) is 3.62. The van der Waals surface area contributed by atoms with E-state index in [0.717, 1.165) is 36.6 Å². The van der Waals surface area contributed by atoms with Crippen LogP contribution in [-0.2, 0) is 4.79 Å². The third-order valence-corrected chi connectivity index (χ3v) is 4.88. The molecule has 1 unspecified atom stereocenters. The molecule has 20 heavy (non-hydrogen) atoms. The second kappa shape index (κ2) is 5.27. The molecule has 0 radical (unpaired) electrons. The lowest BCUT2D eigenvalue weighted by Crippen LogP contribution is -2.37. The Morgan fingerprint density at radius 3 is 3.10 bits per heavy atom. The van der Waals surface area contributed by atoms with Gasteiger partial charge in [0.25, 0.3) is 0 Å². The smallest absolute Gasteiger partial charge is 0.232 e. The molecule has 1 aliphatic rings. The van der Waals surface area contributed by atoms with E-state index >= 15 is 0 Å². The fourth-order valence-corrected chi connectivity index (χ4v) is 3.33. The number of benzene rings is 1. The monoisotopic (exact) mass is 310 g/mol. The summed E-state index contributed by atoms with van der Waals surface area (Å²) >= 11 is 7.32. The Morgan fingerprint density at radius 1 is 1.55 bits per heavy atom. The van der Waals surface area contributed by atoms with E-state index in [9.17, 15) is 4.79 Å². The number of amides is 1. The molecule has 1 aromatic heterocycles. The van der Waals surface area contributed by atoms with Crippen LogP contribution < -0.4 is 10.6 Å². The van der Waals surface area contributed by atoms with E-state index in [2.05, 4.69) is 19.4 Å². The summed E-state index contributed by atoms with van der Waals surface area (Å²) in [5.74, 6) is 0.00685. The molecule has 2 N–H and O–H groups in total. The number of hydrogen-bond donors (Lipinski definition) is 2. The number of halogens is 1. The van der Waals surface area contributed by atoms with E-state index in [0.29, 0.717) is 22.8 Å². The average Bonchev–Trinajstić information content (AvgIpc) is 3.10. The van der Waals surface area contributed by atoms with Crippen molar-refractivity contribution in [1.29, 1.82) is 0 Å². The van der Waals surface area contributed by atoms with Crippen LogP contribution in [0.2, 0.25) is 5.02 Å². The Balaban J connectivity index is 1.95. The normalized spacial score (nSPS) is 22.3. The van der Waals surface area contributed by atoms with Crippen LogP contribution in [0.3, 0.4) is 0 Å². The van der Waals surface area contributed by atoms with Gasteiger partial charge in [-0.15, -0.1) is 0 Å². The molecule has 5 nitrogen and oxygen atoms in total. The van der Waals surface area contributed by atoms with Crippen LogP contribution in [0.25, 0.3) is 11.0 Å². The molecule has 0 spiro atoms. The number of anilines is 1. The van der Waals surface area contributed by atoms with Gasteiger partial charge in [0.1, 0.15) is 11.0 Å². The van der Waals surface area contributed by atoms with E-state index in [4.69, 9.17) is 11.6 Å². The van der Waals surface area contributed by atoms with Crippen molar-refractivity contribution in [2.24, 2.45) is 5.41 Å². The van der Waals surface area contributed by atoms with E-state index in [1.165, 1.54) is 0 Å². The van der Waals surface area contributed by atoms with Crippen LogP contribution in [-0.4, -0.2) is 27.7 Å². The molecule has 1 saturated heterocycles. The summed E-state index contributed by atoms with van der Waals surface area (Å²) in [5, 5.41) is 6.72. The zero-order valence-electron chi connectivity index (χ0n) is 11.1. The molecule has 1 atom stereocenters. The minimum Gasteiger partial charge on any atom is -0.322 e. The predicted octanol–water partition coefficient (Wildman–Crippen LogP) is 2.67. The van der Waals surface area contributed by atoms with Gasteiger partial charge in [0, 0.05) is 6.54 Å². The lowest BCUT2D eigenvalue weighted by atomic mass is 9.83. The highest BCUT2D eigenvalue weighted by atomic mass is 35.5. The van der Waals surface area contributed by atoms with Gasteiger partial charge in [-0.05, 0) is 31.5 Å². The summed E-state index contributed by atoms with van der Waals surface area (Å²) in [6.07, 6.45) is 1.65. The van der Waals surface area contributed by atoms with E-state index in [1.54, 1.807) is 6.07 Å². The number of rotatable bonds is 3. The van der Waals surface area contributed by atoms with Crippen LogP contribution in [0.4, 0.5) is 5.69 Å². The number of hydrogen-bond acceptors (Lipinski definition) is 5. The minimum atomic E-state index is -0.352. The highest BCUT2D eigenvalue weighted by molar-refractivity contribution is 7.00. The van der Waals surface area contributed by atoms with Crippen molar-refractivity contribution < 1.29 is 4.79 Å². The molecule has 0 bridgehead atoms. The molecule has 3 rings (SSSR count). The fraction of sp³-hybridized carbons (Fsp3) is 0.462. The Morgan fingerprint density at radius 2 is 2.40 bits per heavy atom. The molecular weight excluding hydrogens is 296 g/mol. The molecule has 1 amide bonds. The van der Waals surface area contributed by atoms with Gasteiger partial charge in [0.2, 0.25) is 5.91 Å². The number of nitrogens with one attached hydrogen (secondary N) is 2. The SMILES string of the molecule is CCC1(C(=O)Nc2c(Cl)ccc3nsnc23)CCNC1. The molecule has 0 aliphatic carbocycles. The maximum Gasteiger partial charge on any atom is 0.232 e. The summed E-state index contributed by atoms with van der Waals surface area (Å²) in [7, 11) is 0. The third kappa shape index (κ3) is 2.17. The summed E-state index contributed by atoms with van der Waals surface area (Å²) < 4.78 is 8.39. The van der Waals surface area contributed by atoms with Crippen molar-refractivity contribution in [2.45, 2.75) is 19.8 Å². The topological polar surface area (TPSA) is 66.9 Å².